The number of nitro groups is 1. The molecule has 0 fully saturated rings. The molecule has 1 aromatic carbocycles. The highest BCUT2D eigenvalue weighted by molar-refractivity contribution is 6.02. The van der Waals surface area contributed by atoms with Crippen molar-refractivity contribution in [3.05, 3.63) is 67.5 Å². The maximum Gasteiger partial charge on any atom is 0.355 e. The van der Waals surface area contributed by atoms with E-state index >= 15 is 0 Å². The van der Waals surface area contributed by atoms with Crippen LogP contribution in [0.3, 0.4) is 0 Å². The van der Waals surface area contributed by atoms with E-state index in [-0.39, 0.29) is 41.2 Å². The number of aryl methyl sites for hydroxylation is 1. The van der Waals surface area contributed by atoms with Crippen molar-refractivity contribution in [3.8, 4) is 0 Å². The average molecular weight is 398 g/mol. The van der Waals surface area contributed by atoms with Crippen molar-refractivity contribution in [2.24, 2.45) is 0 Å². The van der Waals surface area contributed by atoms with Gasteiger partial charge in [-0.15, -0.1) is 0 Å². The lowest BCUT2D eigenvalue weighted by Gasteiger charge is -2.07. The minimum absolute atomic E-state index is 0.167. The first kappa shape index (κ1) is 19.9. The highest BCUT2D eigenvalue weighted by atomic mass is 16.6. The van der Waals surface area contributed by atoms with E-state index in [1.54, 1.807) is 20.8 Å². The Kier molecular flexibility index (Phi) is 5.26. The molecule has 0 aliphatic rings. The number of rotatable bonds is 6. The van der Waals surface area contributed by atoms with Crippen LogP contribution in [0.5, 0.6) is 0 Å². The fourth-order valence-electron chi connectivity index (χ4n) is 3.18. The summed E-state index contributed by atoms with van der Waals surface area (Å²) in [6.07, 6.45) is 1.18. The van der Waals surface area contributed by atoms with Gasteiger partial charge in [-0.3, -0.25) is 24.3 Å². The van der Waals surface area contributed by atoms with Gasteiger partial charge in [0.25, 0.3) is 11.2 Å². The van der Waals surface area contributed by atoms with E-state index in [1.165, 1.54) is 24.5 Å². The first-order chi connectivity index (χ1) is 13.7. The van der Waals surface area contributed by atoms with Gasteiger partial charge in [0.05, 0.1) is 35.3 Å². The fourth-order valence-corrected chi connectivity index (χ4v) is 3.18. The minimum Gasteiger partial charge on any atom is -0.461 e. The molecular weight excluding hydrogens is 380 g/mol. The lowest BCUT2D eigenvalue weighted by molar-refractivity contribution is -0.384. The summed E-state index contributed by atoms with van der Waals surface area (Å²) in [5.41, 5.74) is 0.952. The molecule has 150 valence electrons. The molecule has 1 N–H and O–H groups in total. The summed E-state index contributed by atoms with van der Waals surface area (Å²) >= 11 is 0. The van der Waals surface area contributed by atoms with Gasteiger partial charge in [0.2, 0.25) is 0 Å². The molecule has 2 aromatic heterocycles. The Labute approximate surface area is 164 Å². The predicted octanol–water partition coefficient (Wildman–Crippen LogP) is 2.31. The molecule has 0 bridgehead atoms. The van der Waals surface area contributed by atoms with Crippen LogP contribution in [0.2, 0.25) is 0 Å². The van der Waals surface area contributed by atoms with E-state index in [9.17, 15) is 24.5 Å². The monoisotopic (exact) mass is 398 g/mol. The second kappa shape index (κ2) is 7.66. The van der Waals surface area contributed by atoms with Gasteiger partial charge >= 0.3 is 5.97 Å². The molecule has 10 heteroatoms. The van der Waals surface area contributed by atoms with Crippen LogP contribution in [0.25, 0.3) is 10.9 Å². The quantitative estimate of drug-likeness (QED) is 0.291. The Morgan fingerprint density at radius 2 is 2.03 bits per heavy atom. The van der Waals surface area contributed by atoms with E-state index in [1.807, 2.05) is 0 Å². The van der Waals surface area contributed by atoms with Gasteiger partial charge in [-0.1, -0.05) is 0 Å². The summed E-state index contributed by atoms with van der Waals surface area (Å²) in [6, 6.07) is 3.73. The number of aromatic nitrogens is 3. The normalized spacial score (nSPS) is 10.9. The number of benzene rings is 1. The molecule has 0 amide bonds. The number of nitrogens with one attached hydrogen (secondary N) is 1. The highest BCUT2D eigenvalue weighted by Gasteiger charge is 2.23. The lowest BCUT2D eigenvalue weighted by Crippen LogP contribution is -2.25. The SMILES string of the molecule is CCOC(=O)c1[nH]c(C)c(C(=O)Cn2cnc3cc([N+](=O)[O-])ccc3c2=O)c1C. The maximum atomic E-state index is 12.8. The van der Waals surface area contributed by atoms with Crippen LogP contribution in [0.4, 0.5) is 5.69 Å². The van der Waals surface area contributed by atoms with Crippen molar-refractivity contribution in [2.45, 2.75) is 27.3 Å². The molecule has 3 aromatic rings. The largest absolute Gasteiger partial charge is 0.461 e. The molecule has 0 unspecified atom stereocenters. The summed E-state index contributed by atoms with van der Waals surface area (Å²) in [4.78, 5) is 54.7. The Bertz CT molecular complexity index is 1210. The van der Waals surface area contributed by atoms with Gasteiger partial charge in [0, 0.05) is 23.4 Å². The molecule has 29 heavy (non-hydrogen) atoms. The number of nitro benzene ring substituents is 1. The van der Waals surface area contributed by atoms with Crippen molar-refractivity contribution in [2.75, 3.05) is 6.61 Å². The van der Waals surface area contributed by atoms with E-state index in [2.05, 4.69) is 9.97 Å². The Hall–Kier alpha value is -3.82. The second-order valence-corrected chi connectivity index (χ2v) is 6.40. The number of Topliss-reactive ketones (excluding diaryl/α,β-unsaturated/α-hetero) is 1. The third-order valence-electron chi connectivity index (χ3n) is 4.53. The Balaban J connectivity index is 1.95. The molecule has 2 heterocycles. The summed E-state index contributed by atoms with van der Waals surface area (Å²) < 4.78 is 6.11. The van der Waals surface area contributed by atoms with Gasteiger partial charge < -0.3 is 9.72 Å². The summed E-state index contributed by atoms with van der Waals surface area (Å²) in [6.45, 7) is 4.88. The molecule has 0 aliphatic carbocycles. The minimum atomic E-state index is -0.575. The van der Waals surface area contributed by atoms with Crippen LogP contribution in [-0.2, 0) is 11.3 Å². The number of hydrogen-bond acceptors (Lipinski definition) is 7. The molecule has 0 atom stereocenters. The van der Waals surface area contributed by atoms with Crippen LogP contribution < -0.4 is 5.56 Å². The second-order valence-electron chi connectivity index (χ2n) is 6.40. The van der Waals surface area contributed by atoms with Crippen molar-refractivity contribution < 1.29 is 19.2 Å². The molecule has 0 radical (unpaired) electrons. The molecule has 0 aliphatic heterocycles. The first-order valence-electron chi connectivity index (χ1n) is 8.77. The number of ether oxygens (including phenoxy) is 1. The van der Waals surface area contributed by atoms with E-state index in [0.29, 0.717) is 16.8 Å². The van der Waals surface area contributed by atoms with E-state index in [0.717, 1.165) is 4.57 Å². The number of carbonyl (C=O) groups is 2. The van der Waals surface area contributed by atoms with Crippen LogP contribution in [0, 0.1) is 24.0 Å². The van der Waals surface area contributed by atoms with Crippen molar-refractivity contribution in [3.63, 3.8) is 0 Å². The molecule has 0 spiro atoms. The molecule has 0 saturated heterocycles. The van der Waals surface area contributed by atoms with Crippen LogP contribution >= 0.6 is 0 Å². The molecule has 3 rings (SSSR count). The number of non-ortho nitro benzene ring substituents is 1. The Morgan fingerprint density at radius 1 is 1.31 bits per heavy atom. The van der Waals surface area contributed by atoms with E-state index in [4.69, 9.17) is 4.74 Å². The zero-order valence-electron chi connectivity index (χ0n) is 16.0. The molecular formula is C19H18N4O6. The van der Waals surface area contributed by atoms with Crippen molar-refractivity contribution in [1.29, 1.82) is 0 Å². The zero-order chi connectivity index (χ0) is 21.3. The number of carbonyl (C=O) groups excluding carboxylic acids is 2. The smallest absolute Gasteiger partial charge is 0.355 e. The maximum absolute atomic E-state index is 12.8. The predicted molar refractivity (Wildman–Crippen MR) is 103 cm³/mol. The molecule has 0 saturated carbocycles. The van der Waals surface area contributed by atoms with Crippen LogP contribution in [0.15, 0.2) is 29.3 Å². The van der Waals surface area contributed by atoms with Gasteiger partial charge in [-0.05, 0) is 32.4 Å². The third kappa shape index (κ3) is 3.64. The van der Waals surface area contributed by atoms with Gasteiger partial charge in [-0.25, -0.2) is 9.78 Å². The molecule has 10 nitrogen and oxygen atoms in total. The van der Waals surface area contributed by atoms with Crippen molar-refractivity contribution >= 4 is 28.3 Å². The zero-order valence-corrected chi connectivity index (χ0v) is 16.0. The average Bonchev–Trinajstić information content (AvgIpc) is 2.98. The van der Waals surface area contributed by atoms with Gasteiger partial charge in [-0.2, -0.15) is 0 Å². The van der Waals surface area contributed by atoms with Crippen LogP contribution in [-0.4, -0.2) is 37.8 Å². The number of ketones is 1. The van der Waals surface area contributed by atoms with Crippen molar-refractivity contribution in [1.82, 2.24) is 14.5 Å². The summed E-state index contributed by atoms with van der Waals surface area (Å²) in [5.74, 6) is -0.935. The number of H-pyrrole nitrogens is 1. The number of nitrogens with zero attached hydrogens (tertiary/aromatic N) is 3. The topological polar surface area (TPSA) is 137 Å². The fraction of sp³-hybridized carbons (Fsp3) is 0.263. The summed E-state index contributed by atoms with van der Waals surface area (Å²) in [7, 11) is 0. The third-order valence-corrected chi connectivity index (χ3v) is 4.53. The first-order valence-corrected chi connectivity index (χ1v) is 8.77. The van der Waals surface area contributed by atoms with E-state index < -0.39 is 16.5 Å². The number of hydrogen-bond donors (Lipinski definition) is 1. The summed E-state index contributed by atoms with van der Waals surface area (Å²) in [5, 5.41) is 11.0. The van der Waals surface area contributed by atoms with Gasteiger partial charge in [0.15, 0.2) is 5.78 Å². The standard InChI is InChI=1S/C19H18N4O6/c1-4-29-19(26)17-10(2)16(11(3)21-17)15(24)8-22-9-20-14-7-12(23(27)28)5-6-13(14)18(22)25/h5-7,9,21H,4,8H2,1-3H3. The van der Waals surface area contributed by atoms with Crippen LogP contribution in [0.1, 0.15) is 39.0 Å². The van der Waals surface area contributed by atoms with Gasteiger partial charge in [0.1, 0.15) is 5.69 Å². The highest BCUT2D eigenvalue weighted by Crippen LogP contribution is 2.20. The Morgan fingerprint density at radius 3 is 2.69 bits per heavy atom. The lowest BCUT2D eigenvalue weighted by atomic mass is 10.1. The number of esters is 1. The number of aromatic amines is 1. The number of fused-ring (bicyclic) bond motifs is 1.